The molecule has 2 nitrogen and oxygen atoms in total. The Morgan fingerprint density at radius 3 is 2.52 bits per heavy atom. The van der Waals surface area contributed by atoms with Gasteiger partial charge in [-0.3, -0.25) is 0 Å². The fraction of sp³-hybridized carbons (Fsp3) is 0.0526. The molecule has 2 heteroatoms. The molecule has 2 aromatic carbocycles. The van der Waals surface area contributed by atoms with E-state index >= 15 is 0 Å². The maximum absolute atomic E-state index is 3.89. The molecule has 0 aliphatic heterocycles. The third kappa shape index (κ3) is 1.88. The third-order valence-electron chi connectivity index (χ3n) is 3.93. The fourth-order valence-corrected chi connectivity index (χ4v) is 2.97. The zero-order chi connectivity index (χ0) is 14.2. The molecular formula is C19H16N2. The molecule has 4 rings (SSSR count). The molecule has 0 bridgehead atoms. The molecule has 2 aromatic heterocycles. The van der Waals surface area contributed by atoms with Gasteiger partial charge in [0.05, 0.1) is 11.4 Å². The smallest absolute Gasteiger partial charge is 0.0660 e. The van der Waals surface area contributed by atoms with Crippen LogP contribution in [0.4, 0.5) is 0 Å². The second-order valence-electron chi connectivity index (χ2n) is 5.26. The number of H-pyrrole nitrogens is 1. The van der Waals surface area contributed by atoms with Crippen LogP contribution >= 0.6 is 0 Å². The van der Waals surface area contributed by atoms with E-state index in [0.717, 1.165) is 12.2 Å². The highest BCUT2D eigenvalue weighted by Crippen LogP contribution is 2.30. The number of hydrogen-bond acceptors (Lipinski definition) is 0. The second kappa shape index (κ2) is 4.67. The Kier molecular flexibility index (Phi) is 2.68. The number of aromatic amines is 1. The van der Waals surface area contributed by atoms with Crippen LogP contribution in [0.3, 0.4) is 0 Å². The summed E-state index contributed by atoms with van der Waals surface area (Å²) in [7, 11) is 0. The highest BCUT2D eigenvalue weighted by atomic mass is 15.0. The molecular weight excluding hydrogens is 256 g/mol. The van der Waals surface area contributed by atoms with Crippen molar-refractivity contribution in [3.05, 3.63) is 73.3 Å². The van der Waals surface area contributed by atoms with E-state index in [1.807, 2.05) is 6.08 Å². The fourth-order valence-electron chi connectivity index (χ4n) is 2.97. The molecule has 0 amide bonds. The summed E-state index contributed by atoms with van der Waals surface area (Å²) >= 11 is 0. The molecule has 0 saturated carbocycles. The van der Waals surface area contributed by atoms with E-state index in [0.29, 0.717) is 0 Å². The van der Waals surface area contributed by atoms with Crippen molar-refractivity contribution < 1.29 is 0 Å². The maximum atomic E-state index is 3.89. The van der Waals surface area contributed by atoms with Gasteiger partial charge < -0.3 is 9.55 Å². The standard InChI is InChI=1S/C19H16N2/c1-2-11-21-18-10-6-4-8-15(18)13-19(21)17-12-14-7-3-5-9-16(14)20-17/h2-10,12-13,20H,1,11H2. The summed E-state index contributed by atoms with van der Waals surface area (Å²) in [5.41, 5.74) is 4.76. The zero-order valence-corrected chi connectivity index (χ0v) is 11.7. The van der Waals surface area contributed by atoms with Gasteiger partial charge in [-0.15, -0.1) is 6.58 Å². The molecule has 0 radical (unpaired) electrons. The van der Waals surface area contributed by atoms with Gasteiger partial charge in [0.25, 0.3) is 0 Å². The number of nitrogens with one attached hydrogen (secondary N) is 1. The van der Waals surface area contributed by atoms with Gasteiger partial charge in [0.1, 0.15) is 0 Å². The van der Waals surface area contributed by atoms with Crippen LogP contribution in [-0.4, -0.2) is 9.55 Å². The van der Waals surface area contributed by atoms with Crippen LogP contribution < -0.4 is 0 Å². The van der Waals surface area contributed by atoms with Crippen molar-refractivity contribution in [1.29, 1.82) is 0 Å². The third-order valence-corrected chi connectivity index (χ3v) is 3.93. The summed E-state index contributed by atoms with van der Waals surface area (Å²) in [4.78, 5) is 3.52. The monoisotopic (exact) mass is 272 g/mol. The number of aromatic nitrogens is 2. The van der Waals surface area contributed by atoms with Gasteiger partial charge in [-0.1, -0.05) is 42.5 Å². The Hall–Kier alpha value is -2.74. The lowest BCUT2D eigenvalue weighted by Gasteiger charge is -2.06. The molecule has 0 unspecified atom stereocenters. The number of rotatable bonds is 3. The second-order valence-corrected chi connectivity index (χ2v) is 5.26. The maximum Gasteiger partial charge on any atom is 0.0660 e. The van der Waals surface area contributed by atoms with Crippen molar-refractivity contribution in [2.24, 2.45) is 0 Å². The normalized spacial score (nSPS) is 11.2. The van der Waals surface area contributed by atoms with E-state index in [1.54, 1.807) is 0 Å². The minimum Gasteiger partial charge on any atom is -0.353 e. The van der Waals surface area contributed by atoms with Gasteiger partial charge in [-0.05, 0) is 24.3 Å². The van der Waals surface area contributed by atoms with Crippen LogP contribution in [0.5, 0.6) is 0 Å². The first kappa shape index (κ1) is 12.0. The number of hydrogen-bond donors (Lipinski definition) is 1. The highest BCUT2D eigenvalue weighted by Gasteiger charge is 2.11. The molecule has 1 N–H and O–H groups in total. The molecule has 102 valence electrons. The van der Waals surface area contributed by atoms with Crippen molar-refractivity contribution in [1.82, 2.24) is 9.55 Å². The minimum absolute atomic E-state index is 0.804. The first-order valence-corrected chi connectivity index (χ1v) is 7.14. The number of fused-ring (bicyclic) bond motifs is 2. The lowest BCUT2D eigenvalue weighted by molar-refractivity contribution is 0.871. The first-order valence-electron chi connectivity index (χ1n) is 7.14. The van der Waals surface area contributed by atoms with E-state index < -0.39 is 0 Å². The van der Waals surface area contributed by atoms with Crippen molar-refractivity contribution >= 4 is 21.8 Å². The Balaban J connectivity index is 2.00. The molecule has 0 spiro atoms. The Morgan fingerprint density at radius 1 is 0.952 bits per heavy atom. The molecule has 2 heterocycles. The van der Waals surface area contributed by atoms with E-state index in [1.165, 1.54) is 27.5 Å². The van der Waals surface area contributed by atoms with Gasteiger partial charge in [0.2, 0.25) is 0 Å². The van der Waals surface area contributed by atoms with E-state index in [9.17, 15) is 0 Å². The predicted molar refractivity (Wildman–Crippen MR) is 89.4 cm³/mol. The van der Waals surface area contributed by atoms with Crippen molar-refractivity contribution in [2.75, 3.05) is 0 Å². The van der Waals surface area contributed by atoms with Crippen molar-refractivity contribution in [2.45, 2.75) is 6.54 Å². The summed E-state index contributed by atoms with van der Waals surface area (Å²) in [6, 6.07) is 21.3. The van der Waals surface area contributed by atoms with Crippen LogP contribution in [-0.2, 0) is 6.54 Å². The quantitative estimate of drug-likeness (QED) is 0.508. The Bertz CT molecular complexity index is 907. The van der Waals surface area contributed by atoms with Crippen LogP contribution in [0, 0.1) is 0 Å². The lowest BCUT2D eigenvalue weighted by Crippen LogP contribution is -1.97. The lowest BCUT2D eigenvalue weighted by atomic mass is 10.2. The molecule has 0 saturated heterocycles. The average molecular weight is 272 g/mol. The van der Waals surface area contributed by atoms with Gasteiger partial charge in [-0.25, -0.2) is 0 Å². The van der Waals surface area contributed by atoms with Gasteiger partial charge >= 0.3 is 0 Å². The summed E-state index contributed by atoms with van der Waals surface area (Å²) in [6.45, 7) is 4.69. The van der Waals surface area contributed by atoms with Gasteiger partial charge in [0, 0.05) is 28.4 Å². The molecule has 4 aromatic rings. The molecule has 21 heavy (non-hydrogen) atoms. The summed E-state index contributed by atoms with van der Waals surface area (Å²) in [6.07, 6.45) is 1.94. The van der Waals surface area contributed by atoms with Crippen LogP contribution in [0.15, 0.2) is 73.3 Å². The first-order chi connectivity index (χ1) is 10.4. The van der Waals surface area contributed by atoms with E-state index in [4.69, 9.17) is 0 Å². The van der Waals surface area contributed by atoms with Crippen LogP contribution in [0.2, 0.25) is 0 Å². The predicted octanol–water partition coefficient (Wildman–Crippen LogP) is 4.98. The SMILES string of the molecule is C=CCn1c(-c2cc3ccccc3[nH]2)cc2ccccc21. The molecule has 0 atom stereocenters. The number of benzene rings is 2. The summed E-state index contributed by atoms with van der Waals surface area (Å²) in [5, 5.41) is 2.50. The molecule has 0 aliphatic carbocycles. The van der Waals surface area contributed by atoms with Crippen LogP contribution in [0.25, 0.3) is 33.2 Å². The van der Waals surface area contributed by atoms with Crippen molar-refractivity contribution in [3.8, 4) is 11.4 Å². The number of nitrogens with zero attached hydrogens (tertiary/aromatic N) is 1. The van der Waals surface area contributed by atoms with E-state index in [2.05, 4.69) is 76.8 Å². The zero-order valence-electron chi connectivity index (χ0n) is 11.7. The topological polar surface area (TPSA) is 20.7 Å². The number of para-hydroxylation sites is 2. The van der Waals surface area contributed by atoms with Gasteiger partial charge in [0.15, 0.2) is 0 Å². The minimum atomic E-state index is 0.804. The summed E-state index contributed by atoms with van der Waals surface area (Å²) < 4.78 is 2.30. The largest absolute Gasteiger partial charge is 0.353 e. The Morgan fingerprint density at radius 2 is 1.71 bits per heavy atom. The highest BCUT2D eigenvalue weighted by molar-refractivity contribution is 5.90. The molecule has 0 aliphatic rings. The Labute approximate surface area is 123 Å². The number of allylic oxidation sites excluding steroid dienone is 1. The van der Waals surface area contributed by atoms with Crippen LogP contribution in [0.1, 0.15) is 0 Å². The van der Waals surface area contributed by atoms with Crippen molar-refractivity contribution in [3.63, 3.8) is 0 Å². The van der Waals surface area contributed by atoms with Gasteiger partial charge in [-0.2, -0.15) is 0 Å². The average Bonchev–Trinajstić information content (AvgIpc) is 3.09. The van der Waals surface area contributed by atoms with E-state index in [-0.39, 0.29) is 0 Å². The molecule has 0 fully saturated rings. The summed E-state index contributed by atoms with van der Waals surface area (Å²) in [5.74, 6) is 0.